The lowest BCUT2D eigenvalue weighted by Gasteiger charge is -2.24. The molecule has 0 saturated carbocycles. The van der Waals surface area contributed by atoms with Gasteiger partial charge in [-0.05, 0) is 26.2 Å². The van der Waals surface area contributed by atoms with Crippen LogP contribution in [0.25, 0.3) is 0 Å². The predicted molar refractivity (Wildman–Crippen MR) is 55.7 cm³/mol. The highest BCUT2D eigenvalue weighted by atomic mass is 16.5. The van der Waals surface area contributed by atoms with Crippen molar-refractivity contribution in [2.75, 3.05) is 6.61 Å². The molecule has 13 heavy (non-hydrogen) atoms. The second-order valence-electron chi connectivity index (χ2n) is 4.25. The number of nitrogens with one attached hydrogen (secondary N) is 1. The minimum atomic E-state index is -0.0319. The van der Waals surface area contributed by atoms with Gasteiger partial charge in [0.25, 0.3) is 0 Å². The summed E-state index contributed by atoms with van der Waals surface area (Å²) in [6.07, 6.45) is 6.20. The van der Waals surface area contributed by atoms with Gasteiger partial charge in [0.15, 0.2) is 0 Å². The van der Waals surface area contributed by atoms with Gasteiger partial charge in [-0.25, -0.2) is 0 Å². The van der Waals surface area contributed by atoms with Gasteiger partial charge in [-0.1, -0.05) is 26.7 Å². The Labute approximate surface area is 82.0 Å². The average molecular weight is 185 g/mol. The number of unbranched alkanes of at least 4 members (excludes halogenated alkanes) is 2. The van der Waals surface area contributed by atoms with Crippen LogP contribution >= 0.6 is 0 Å². The van der Waals surface area contributed by atoms with Gasteiger partial charge in [0.05, 0.1) is 6.61 Å². The Morgan fingerprint density at radius 2 is 2.15 bits per heavy atom. The number of rotatable bonds is 5. The van der Waals surface area contributed by atoms with E-state index in [1.165, 1.54) is 25.7 Å². The first kappa shape index (κ1) is 11.0. The molecule has 0 aromatic carbocycles. The summed E-state index contributed by atoms with van der Waals surface area (Å²) in [4.78, 5) is 0. The Bertz CT molecular complexity index is 149. The maximum absolute atomic E-state index is 5.78. The van der Waals surface area contributed by atoms with E-state index in [1.54, 1.807) is 0 Å². The maximum atomic E-state index is 5.78. The molecule has 0 bridgehead atoms. The van der Waals surface area contributed by atoms with E-state index in [9.17, 15) is 0 Å². The van der Waals surface area contributed by atoms with E-state index in [1.807, 2.05) is 0 Å². The topological polar surface area (TPSA) is 21.3 Å². The van der Waals surface area contributed by atoms with Crippen molar-refractivity contribution in [1.82, 2.24) is 5.32 Å². The number of ether oxygens (including phenoxy) is 1. The molecule has 2 unspecified atom stereocenters. The fraction of sp³-hybridized carbons (Fsp3) is 1.00. The van der Waals surface area contributed by atoms with Gasteiger partial charge in [-0.3, -0.25) is 5.32 Å². The van der Waals surface area contributed by atoms with Crippen LogP contribution in [0.1, 0.15) is 52.9 Å². The third kappa shape index (κ3) is 3.28. The maximum Gasteiger partial charge on any atom is 0.116 e. The van der Waals surface area contributed by atoms with Gasteiger partial charge in [0, 0.05) is 6.04 Å². The van der Waals surface area contributed by atoms with Crippen LogP contribution in [-0.4, -0.2) is 18.4 Å². The molecule has 0 radical (unpaired) electrons. The molecule has 1 rings (SSSR count). The minimum absolute atomic E-state index is 0.0319. The lowest BCUT2D eigenvalue weighted by molar-refractivity contribution is -0.00251. The van der Waals surface area contributed by atoms with E-state index in [0.29, 0.717) is 6.04 Å². The highest BCUT2D eigenvalue weighted by Gasteiger charge is 2.33. The van der Waals surface area contributed by atoms with Crippen LogP contribution < -0.4 is 5.32 Å². The highest BCUT2D eigenvalue weighted by Crippen LogP contribution is 2.23. The molecule has 0 spiro atoms. The summed E-state index contributed by atoms with van der Waals surface area (Å²) in [6, 6.07) is 0.576. The molecule has 0 aromatic rings. The summed E-state index contributed by atoms with van der Waals surface area (Å²) in [5.41, 5.74) is -0.0319. The largest absolute Gasteiger partial charge is 0.359 e. The molecule has 0 amide bonds. The van der Waals surface area contributed by atoms with Gasteiger partial charge < -0.3 is 4.74 Å². The van der Waals surface area contributed by atoms with Crippen LogP contribution in [0.5, 0.6) is 0 Å². The molecular formula is C11H23NO. The second kappa shape index (κ2) is 4.97. The molecule has 0 aromatic heterocycles. The lowest BCUT2D eigenvalue weighted by atomic mass is 10.1. The fourth-order valence-electron chi connectivity index (χ4n) is 1.88. The lowest BCUT2D eigenvalue weighted by Crippen LogP contribution is -2.41. The molecule has 0 aliphatic carbocycles. The number of hydrogen-bond acceptors (Lipinski definition) is 2. The Balaban J connectivity index is 2.23. The molecule has 2 nitrogen and oxygen atoms in total. The van der Waals surface area contributed by atoms with Crippen LogP contribution in [-0.2, 0) is 4.74 Å². The summed E-state index contributed by atoms with van der Waals surface area (Å²) in [5.74, 6) is 0. The summed E-state index contributed by atoms with van der Waals surface area (Å²) < 4.78 is 5.78. The Hall–Kier alpha value is -0.0800. The molecule has 78 valence electrons. The summed E-state index contributed by atoms with van der Waals surface area (Å²) in [7, 11) is 0. The van der Waals surface area contributed by atoms with Crippen molar-refractivity contribution in [1.29, 1.82) is 0 Å². The first-order valence-electron chi connectivity index (χ1n) is 5.62. The van der Waals surface area contributed by atoms with Crippen molar-refractivity contribution in [3.8, 4) is 0 Å². The molecule has 2 atom stereocenters. The minimum Gasteiger partial charge on any atom is -0.359 e. The van der Waals surface area contributed by atoms with Crippen molar-refractivity contribution < 1.29 is 4.74 Å². The van der Waals surface area contributed by atoms with Crippen molar-refractivity contribution in [2.45, 2.75) is 64.6 Å². The first-order chi connectivity index (χ1) is 6.20. The SMILES string of the molecule is CCCCCC1(C)NC(CC)CO1. The zero-order valence-electron chi connectivity index (χ0n) is 9.23. The van der Waals surface area contributed by atoms with Crippen molar-refractivity contribution in [3.05, 3.63) is 0 Å². The summed E-state index contributed by atoms with van der Waals surface area (Å²) in [6.45, 7) is 7.51. The van der Waals surface area contributed by atoms with E-state index in [4.69, 9.17) is 4.74 Å². The van der Waals surface area contributed by atoms with E-state index in [-0.39, 0.29) is 5.72 Å². The number of hydrogen-bond donors (Lipinski definition) is 1. The fourth-order valence-corrected chi connectivity index (χ4v) is 1.88. The second-order valence-corrected chi connectivity index (χ2v) is 4.25. The Morgan fingerprint density at radius 3 is 2.69 bits per heavy atom. The van der Waals surface area contributed by atoms with Gasteiger partial charge in [-0.15, -0.1) is 0 Å². The molecule has 1 fully saturated rings. The third-order valence-corrected chi connectivity index (χ3v) is 2.86. The Morgan fingerprint density at radius 1 is 1.38 bits per heavy atom. The van der Waals surface area contributed by atoms with E-state index < -0.39 is 0 Å². The molecule has 1 N–H and O–H groups in total. The van der Waals surface area contributed by atoms with Crippen LogP contribution in [0.15, 0.2) is 0 Å². The molecule has 1 heterocycles. The zero-order chi connectivity index (χ0) is 9.73. The molecular weight excluding hydrogens is 162 g/mol. The monoisotopic (exact) mass is 185 g/mol. The zero-order valence-corrected chi connectivity index (χ0v) is 9.23. The van der Waals surface area contributed by atoms with Crippen molar-refractivity contribution in [2.24, 2.45) is 0 Å². The molecule has 2 heteroatoms. The highest BCUT2D eigenvalue weighted by molar-refractivity contribution is 4.84. The van der Waals surface area contributed by atoms with Gasteiger partial charge in [-0.2, -0.15) is 0 Å². The van der Waals surface area contributed by atoms with E-state index >= 15 is 0 Å². The van der Waals surface area contributed by atoms with Gasteiger partial charge in [0.1, 0.15) is 5.72 Å². The van der Waals surface area contributed by atoms with E-state index in [0.717, 1.165) is 13.0 Å². The predicted octanol–water partition coefficient (Wildman–Crippen LogP) is 2.68. The molecule has 1 saturated heterocycles. The van der Waals surface area contributed by atoms with Crippen LogP contribution in [0.4, 0.5) is 0 Å². The molecule has 1 aliphatic rings. The van der Waals surface area contributed by atoms with Gasteiger partial charge >= 0.3 is 0 Å². The third-order valence-electron chi connectivity index (χ3n) is 2.86. The van der Waals surface area contributed by atoms with Crippen LogP contribution in [0.3, 0.4) is 0 Å². The van der Waals surface area contributed by atoms with E-state index in [2.05, 4.69) is 26.1 Å². The van der Waals surface area contributed by atoms with Gasteiger partial charge in [0.2, 0.25) is 0 Å². The molecule has 1 aliphatic heterocycles. The summed E-state index contributed by atoms with van der Waals surface area (Å²) in [5, 5.41) is 3.55. The van der Waals surface area contributed by atoms with Crippen molar-refractivity contribution >= 4 is 0 Å². The van der Waals surface area contributed by atoms with Crippen LogP contribution in [0.2, 0.25) is 0 Å². The summed E-state index contributed by atoms with van der Waals surface area (Å²) >= 11 is 0. The average Bonchev–Trinajstić information content (AvgIpc) is 2.49. The van der Waals surface area contributed by atoms with Crippen LogP contribution in [0, 0.1) is 0 Å². The van der Waals surface area contributed by atoms with Crippen molar-refractivity contribution in [3.63, 3.8) is 0 Å². The normalized spacial score (nSPS) is 33.9. The standard InChI is InChI=1S/C11H23NO/c1-4-6-7-8-11(3)12-10(5-2)9-13-11/h10,12H,4-9H2,1-3H3. The quantitative estimate of drug-likeness (QED) is 0.665. The smallest absolute Gasteiger partial charge is 0.116 e. The Kier molecular flexibility index (Phi) is 4.20. The first-order valence-corrected chi connectivity index (χ1v) is 5.62.